The standard InChI is InChI=1S/C24H32N2O4/c1-4-15-26(16-14-18-12-9-13-20(27)22(18)28)24(30)21(17(3)5-2)25-23(29)19-10-7-6-8-11-19/h6-13,17,21,27-28H,4-5,14-16H2,1-3H3,(H,25,29)/t17?,21-/m0/s1. The second-order valence-corrected chi connectivity index (χ2v) is 7.56. The zero-order valence-corrected chi connectivity index (χ0v) is 18.0. The SMILES string of the molecule is CCCN(CCc1cccc(O)c1O)C(=O)[C@@H](NC(=O)c1ccccc1)C(C)CC. The number of hydrogen-bond donors (Lipinski definition) is 3. The lowest BCUT2D eigenvalue weighted by Crippen LogP contribution is -2.52. The van der Waals surface area contributed by atoms with Gasteiger partial charge in [-0.25, -0.2) is 0 Å². The lowest BCUT2D eigenvalue weighted by atomic mass is 9.97. The number of carbonyl (C=O) groups excluding carboxylic acids is 2. The molecule has 2 aromatic carbocycles. The average molecular weight is 413 g/mol. The number of nitrogens with zero attached hydrogens (tertiary/aromatic N) is 1. The monoisotopic (exact) mass is 412 g/mol. The van der Waals surface area contributed by atoms with Crippen LogP contribution in [0.1, 0.15) is 49.5 Å². The highest BCUT2D eigenvalue weighted by atomic mass is 16.3. The molecule has 6 nitrogen and oxygen atoms in total. The Hall–Kier alpha value is -3.02. The van der Waals surface area contributed by atoms with Gasteiger partial charge in [-0.1, -0.05) is 57.5 Å². The van der Waals surface area contributed by atoms with Gasteiger partial charge < -0.3 is 20.4 Å². The summed E-state index contributed by atoms with van der Waals surface area (Å²) in [5.74, 6) is -0.754. The predicted molar refractivity (Wildman–Crippen MR) is 117 cm³/mol. The highest BCUT2D eigenvalue weighted by Crippen LogP contribution is 2.28. The summed E-state index contributed by atoms with van der Waals surface area (Å²) in [6, 6.07) is 13.1. The van der Waals surface area contributed by atoms with Crippen LogP contribution in [0.15, 0.2) is 48.5 Å². The van der Waals surface area contributed by atoms with Crippen LogP contribution in [-0.2, 0) is 11.2 Å². The molecule has 0 saturated carbocycles. The van der Waals surface area contributed by atoms with Crippen LogP contribution in [-0.4, -0.2) is 46.1 Å². The normalized spacial score (nSPS) is 12.8. The summed E-state index contributed by atoms with van der Waals surface area (Å²) in [7, 11) is 0. The molecule has 2 rings (SSSR count). The Morgan fingerprint density at radius 3 is 2.33 bits per heavy atom. The lowest BCUT2D eigenvalue weighted by molar-refractivity contribution is -0.134. The second kappa shape index (κ2) is 11.2. The van der Waals surface area contributed by atoms with Crippen molar-refractivity contribution >= 4 is 11.8 Å². The van der Waals surface area contributed by atoms with Crippen LogP contribution in [0.25, 0.3) is 0 Å². The number of hydrogen-bond acceptors (Lipinski definition) is 4. The minimum atomic E-state index is -0.632. The van der Waals surface area contributed by atoms with Gasteiger partial charge in [0, 0.05) is 18.7 Å². The van der Waals surface area contributed by atoms with Crippen molar-refractivity contribution in [1.29, 1.82) is 0 Å². The van der Waals surface area contributed by atoms with Crippen molar-refractivity contribution in [1.82, 2.24) is 10.2 Å². The Morgan fingerprint density at radius 1 is 1.00 bits per heavy atom. The van der Waals surface area contributed by atoms with E-state index in [0.717, 1.165) is 12.8 Å². The predicted octanol–water partition coefficient (Wildman–Crippen LogP) is 3.72. The third-order valence-corrected chi connectivity index (χ3v) is 5.36. The van der Waals surface area contributed by atoms with E-state index in [1.165, 1.54) is 6.07 Å². The Bertz CT molecular complexity index is 838. The highest BCUT2D eigenvalue weighted by molar-refractivity contribution is 5.97. The molecule has 0 aliphatic rings. The van der Waals surface area contributed by atoms with Crippen LogP contribution in [0.5, 0.6) is 11.5 Å². The number of phenolic OH excluding ortho intramolecular Hbond substituents is 2. The maximum Gasteiger partial charge on any atom is 0.251 e. The van der Waals surface area contributed by atoms with Gasteiger partial charge in [0.2, 0.25) is 5.91 Å². The number of amides is 2. The van der Waals surface area contributed by atoms with Crippen LogP contribution in [0, 0.1) is 5.92 Å². The summed E-state index contributed by atoms with van der Waals surface area (Å²) >= 11 is 0. The first-order chi connectivity index (χ1) is 14.4. The van der Waals surface area contributed by atoms with E-state index in [1.54, 1.807) is 41.3 Å². The number of para-hydroxylation sites is 1. The molecule has 2 aromatic rings. The fourth-order valence-corrected chi connectivity index (χ4v) is 3.33. The van der Waals surface area contributed by atoms with Crippen molar-refractivity contribution < 1.29 is 19.8 Å². The van der Waals surface area contributed by atoms with Gasteiger partial charge in [-0.05, 0) is 42.5 Å². The van der Waals surface area contributed by atoms with E-state index in [2.05, 4.69) is 5.32 Å². The molecule has 2 amide bonds. The summed E-state index contributed by atoms with van der Waals surface area (Å²) in [5, 5.41) is 22.7. The smallest absolute Gasteiger partial charge is 0.251 e. The van der Waals surface area contributed by atoms with Gasteiger partial charge in [0.05, 0.1) is 0 Å². The number of nitrogens with one attached hydrogen (secondary N) is 1. The molecular weight excluding hydrogens is 380 g/mol. The Labute approximate surface area is 178 Å². The molecule has 0 aromatic heterocycles. The van der Waals surface area contributed by atoms with Crippen LogP contribution in [0.3, 0.4) is 0 Å². The maximum atomic E-state index is 13.4. The zero-order chi connectivity index (χ0) is 22.1. The molecule has 162 valence electrons. The molecule has 0 aliphatic heterocycles. The number of benzene rings is 2. The van der Waals surface area contributed by atoms with E-state index >= 15 is 0 Å². The van der Waals surface area contributed by atoms with Crippen LogP contribution >= 0.6 is 0 Å². The molecule has 1 unspecified atom stereocenters. The van der Waals surface area contributed by atoms with Gasteiger partial charge >= 0.3 is 0 Å². The summed E-state index contributed by atoms with van der Waals surface area (Å²) < 4.78 is 0. The molecule has 0 bridgehead atoms. The highest BCUT2D eigenvalue weighted by Gasteiger charge is 2.30. The van der Waals surface area contributed by atoms with Gasteiger partial charge in [0.25, 0.3) is 5.91 Å². The third kappa shape index (κ3) is 5.99. The minimum Gasteiger partial charge on any atom is -0.504 e. The summed E-state index contributed by atoms with van der Waals surface area (Å²) in [6.45, 7) is 6.88. The Morgan fingerprint density at radius 2 is 1.70 bits per heavy atom. The molecule has 0 radical (unpaired) electrons. The maximum absolute atomic E-state index is 13.4. The number of aromatic hydroxyl groups is 2. The second-order valence-electron chi connectivity index (χ2n) is 7.56. The molecule has 0 spiro atoms. The van der Waals surface area contributed by atoms with Gasteiger partial charge in [0.15, 0.2) is 11.5 Å². The summed E-state index contributed by atoms with van der Waals surface area (Å²) in [6.07, 6.45) is 1.93. The van der Waals surface area contributed by atoms with E-state index in [-0.39, 0.29) is 29.2 Å². The van der Waals surface area contributed by atoms with Gasteiger partial charge in [-0.3, -0.25) is 9.59 Å². The number of rotatable bonds is 10. The topological polar surface area (TPSA) is 89.9 Å². The molecule has 2 atom stereocenters. The third-order valence-electron chi connectivity index (χ3n) is 5.36. The number of carbonyl (C=O) groups is 2. The Kier molecular flexibility index (Phi) is 8.71. The van der Waals surface area contributed by atoms with E-state index in [9.17, 15) is 19.8 Å². The van der Waals surface area contributed by atoms with E-state index in [4.69, 9.17) is 0 Å². The van der Waals surface area contributed by atoms with E-state index in [1.807, 2.05) is 26.8 Å². The average Bonchev–Trinajstić information content (AvgIpc) is 2.77. The molecule has 6 heteroatoms. The van der Waals surface area contributed by atoms with Crippen molar-refractivity contribution in [3.05, 3.63) is 59.7 Å². The molecule has 30 heavy (non-hydrogen) atoms. The van der Waals surface area contributed by atoms with Gasteiger partial charge in [0.1, 0.15) is 6.04 Å². The number of phenols is 2. The first-order valence-corrected chi connectivity index (χ1v) is 10.5. The zero-order valence-electron chi connectivity index (χ0n) is 18.0. The van der Waals surface area contributed by atoms with E-state index in [0.29, 0.717) is 30.6 Å². The van der Waals surface area contributed by atoms with Gasteiger partial charge in [-0.15, -0.1) is 0 Å². The van der Waals surface area contributed by atoms with Crippen molar-refractivity contribution in [2.24, 2.45) is 5.92 Å². The fraction of sp³-hybridized carbons (Fsp3) is 0.417. The lowest BCUT2D eigenvalue weighted by Gasteiger charge is -2.31. The first kappa shape index (κ1) is 23.3. The summed E-state index contributed by atoms with van der Waals surface area (Å²) in [5.41, 5.74) is 1.10. The molecule has 0 fully saturated rings. The quantitative estimate of drug-likeness (QED) is 0.519. The molecule has 0 heterocycles. The van der Waals surface area contributed by atoms with Crippen molar-refractivity contribution in [2.45, 2.75) is 46.1 Å². The largest absolute Gasteiger partial charge is 0.504 e. The van der Waals surface area contributed by atoms with Crippen molar-refractivity contribution in [3.63, 3.8) is 0 Å². The van der Waals surface area contributed by atoms with Crippen LogP contribution in [0.4, 0.5) is 0 Å². The first-order valence-electron chi connectivity index (χ1n) is 10.5. The van der Waals surface area contributed by atoms with Crippen molar-refractivity contribution in [3.8, 4) is 11.5 Å². The van der Waals surface area contributed by atoms with Crippen LogP contribution < -0.4 is 5.32 Å². The Balaban J connectivity index is 2.16. The minimum absolute atomic E-state index is 0.0290. The van der Waals surface area contributed by atoms with Crippen molar-refractivity contribution in [2.75, 3.05) is 13.1 Å². The molecule has 3 N–H and O–H groups in total. The summed E-state index contributed by atoms with van der Waals surface area (Å²) in [4.78, 5) is 27.8. The van der Waals surface area contributed by atoms with Gasteiger partial charge in [-0.2, -0.15) is 0 Å². The molecule has 0 aliphatic carbocycles. The molecule has 0 saturated heterocycles. The van der Waals surface area contributed by atoms with E-state index < -0.39 is 6.04 Å². The van der Waals surface area contributed by atoms with Crippen LogP contribution in [0.2, 0.25) is 0 Å². The fourth-order valence-electron chi connectivity index (χ4n) is 3.33. The molecular formula is C24H32N2O4.